The molecule has 1 atom stereocenters. The third kappa shape index (κ3) is 3.34. The summed E-state index contributed by atoms with van der Waals surface area (Å²) in [6.45, 7) is 0. The molecule has 0 aromatic heterocycles. The molecule has 2 aliphatic rings. The van der Waals surface area contributed by atoms with Gasteiger partial charge >= 0.3 is 0 Å². The van der Waals surface area contributed by atoms with Crippen molar-refractivity contribution in [3.05, 3.63) is 34.4 Å². The first-order valence-corrected chi connectivity index (χ1v) is 8.11. The van der Waals surface area contributed by atoms with Crippen LogP contribution in [0.5, 0.6) is 0 Å². The molecule has 2 aliphatic carbocycles. The van der Waals surface area contributed by atoms with E-state index in [0.717, 1.165) is 0 Å². The zero-order chi connectivity index (χ0) is 19.3. The Labute approximate surface area is 140 Å². The van der Waals surface area contributed by atoms with Gasteiger partial charge in [0.25, 0.3) is 0 Å². The van der Waals surface area contributed by atoms with Crippen molar-refractivity contribution >= 4 is 17.4 Å². The lowest BCUT2D eigenvalue weighted by atomic mass is 9.70. The monoisotopic (exact) mass is 330 g/mol. The van der Waals surface area contributed by atoms with Gasteiger partial charge in [-0.1, -0.05) is 11.6 Å². The second-order valence-corrected chi connectivity index (χ2v) is 6.63. The molecule has 0 N–H and O–H groups in total. The number of benzene rings is 1. The average Bonchev–Trinajstić information content (AvgIpc) is 2.58. The molecule has 0 spiro atoms. The quantitative estimate of drug-likeness (QED) is 0.640. The van der Waals surface area contributed by atoms with Gasteiger partial charge in [-0.15, -0.1) is 0 Å². The first kappa shape index (κ1) is 11.6. The summed E-state index contributed by atoms with van der Waals surface area (Å²) in [5, 5.41) is -0.510. The van der Waals surface area contributed by atoms with Crippen LogP contribution in [-0.4, -0.2) is 5.78 Å². The lowest BCUT2D eigenvalue weighted by molar-refractivity contribution is -0.121. The molecule has 1 nitrogen and oxygen atoms in total. The zero-order valence-electron chi connectivity index (χ0n) is 16.2. The summed E-state index contributed by atoms with van der Waals surface area (Å²) in [6, 6.07) is 2.52. The van der Waals surface area contributed by atoms with Crippen LogP contribution in [0.4, 0.5) is 8.78 Å². The molecule has 0 radical (unpaired) electrons. The number of halogens is 3. The third-order valence-corrected chi connectivity index (χ3v) is 5.26. The molecule has 0 amide bonds. The molecule has 1 aromatic carbocycles. The number of hydrogen-bond donors (Lipinski definition) is 0. The van der Waals surface area contributed by atoms with E-state index in [9.17, 15) is 13.6 Å². The Balaban J connectivity index is 1.72. The normalized spacial score (nSPS) is 36.9. The van der Waals surface area contributed by atoms with Crippen molar-refractivity contribution in [2.24, 2.45) is 11.8 Å². The molecule has 4 heteroatoms. The van der Waals surface area contributed by atoms with Crippen LogP contribution >= 0.6 is 11.6 Å². The Morgan fingerprint density at radius 3 is 2.32 bits per heavy atom. The number of carbonyl (C=O) groups is 1. The first-order valence-electron chi connectivity index (χ1n) is 9.73. The number of rotatable bonds is 2. The summed E-state index contributed by atoms with van der Waals surface area (Å²) in [5.41, 5.74) is 0.556. The Hall–Kier alpha value is -0.960. The largest absolute Gasteiger partial charge is 0.300 e. The molecule has 0 saturated heterocycles. The van der Waals surface area contributed by atoms with Gasteiger partial charge in [-0.05, 0) is 73.9 Å². The van der Waals surface area contributed by atoms with Crippen LogP contribution in [0.2, 0.25) is 5.02 Å². The van der Waals surface area contributed by atoms with Crippen LogP contribution < -0.4 is 0 Å². The molecular weight excluding hydrogens is 306 g/mol. The van der Waals surface area contributed by atoms with Gasteiger partial charge in [-0.25, -0.2) is 8.78 Å². The summed E-state index contributed by atoms with van der Waals surface area (Å²) < 4.78 is 59.5. The van der Waals surface area contributed by atoms with Crippen LogP contribution in [0.1, 0.15) is 68.2 Å². The highest BCUT2D eigenvalue weighted by atomic mass is 35.5. The summed E-state index contributed by atoms with van der Waals surface area (Å²) >= 11 is 5.53. The topological polar surface area (TPSA) is 17.1 Å². The molecule has 2 saturated carbocycles. The first-order chi connectivity index (χ1) is 12.1. The van der Waals surface area contributed by atoms with Gasteiger partial charge in [0.05, 0.1) is 0 Å². The molecule has 1 aromatic rings. The van der Waals surface area contributed by atoms with Crippen LogP contribution in [0.3, 0.4) is 0 Å². The van der Waals surface area contributed by atoms with E-state index >= 15 is 0 Å². The van der Waals surface area contributed by atoms with E-state index in [1.165, 1.54) is 12.1 Å². The van der Waals surface area contributed by atoms with Crippen molar-refractivity contribution in [3.8, 4) is 0 Å². The van der Waals surface area contributed by atoms with Gasteiger partial charge in [0.15, 0.2) is 0 Å². The van der Waals surface area contributed by atoms with Crippen molar-refractivity contribution in [2.45, 2.75) is 57.2 Å². The highest BCUT2D eigenvalue weighted by molar-refractivity contribution is 6.30. The van der Waals surface area contributed by atoms with E-state index < -0.39 is 41.1 Å². The van der Waals surface area contributed by atoms with Crippen LogP contribution in [0.25, 0.3) is 0 Å². The number of Topliss-reactive ketones (excluding diaryl/α,β-unsaturated/α-hetero) is 1. The van der Waals surface area contributed by atoms with Crippen LogP contribution in [0, 0.1) is 23.5 Å². The average molecular weight is 331 g/mol. The van der Waals surface area contributed by atoms with Gasteiger partial charge in [0.2, 0.25) is 0 Å². The summed E-state index contributed by atoms with van der Waals surface area (Å²) in [6.07, 6.45) is -1.66. The predicted molar refractivity (Wildman–Crippen MR) is 83.0 cm³/mol. The van der Waals surface area contributed by atoms with Crippen molar-refractivity contribution < 1.29 is 19.1 Å². The van der Waals surface area contributed by atoms with Gasteiger partial charge < -0.3 is 0 Å². The van der Waals surface area contributed by atoms with Crippen LogP contribution in [-0.2, 0) is 4.79 Å². The van der Waals surface area contributed by atoms with Crippen molar-refractivity contribution in [2.75, 3.05) is 0 Å². The minimum absolute atomic E-state index is 0.0274. The number of hydrogen-bond acceptors (Lipinski definition) is 1. The molecule has 120 valence electrons. The van der Waals surface area contributed by atoms with Crippen molar-refractivity contribution in [1.82, 2.24) is 0 Å². The maximum atomic E-state index is 13.7. The Morgan fingerprint density at radius 2 is 1.68 bits per heavy atom. The lowest BCUT2D eigenvalue weighted by Crippen LogP contribution is -2.25. The summed E-state index contributed by atoms with van der Waals surface area (Å²) in [4.78, 5) is 11.8. The maximum absolute atomic E-state index is 13.7. The maximum Gasteiger partial charge on any atom is 0.145 e. The molecule has 3 rings (SSSR count). The second kappa shape index (κ2) is 6.66. The molecule has 0 aliphatic heterocycles. The van der Waals surface area contributed by atoms with Gasteiger partial charge in [-0.2, -0.15) is 0 Å². The fraction of sp³-hybridized carbons (Fsp3) is 0.611. The molecule has 0 bridgehead atoms. The van der Waals surface area contributed by atoms with Crippen molar-refractivity contribution in [1.29, 1.82) is 0 Å². The van der Waals surface area contributed by atoms with Gasteiger partial charge in [-0.3, -0.25) is 4.79 Å². The highest BCUT2D eigenvalue weighted by Crippen LogP contribution is 2.43. The summed E-state index contributed by atoms with van der Waals surface area (Å²) in [7, 11) is 0. The Bertz CT molecular complexity index is 694. The van der Waals surface area contributed by atoms with E-state index in [1.807, 2.05) is 0 Å². The standard InChI is InChI=1S/C18H21ClF2O/c19-18-16(20)9-14(10-17(18)21)13-3-1-11(2-4-13)12-5-7-15(22)8-6-12/h9-13H,1-8H2/i5D2,7D2. The minimum atomic E-state index is -2.46. The predicted octanol–water partition coefficient (Wildman–Crippen LogP) is 5.65. The molecular formula is C18H21ClF2O. The number of ketones is 1. The molecule has 0 heterocycles. The summed E-state index contributed by atoms with van der Waals surface area (Å²) in [5.74, 6) is -2.81. The fourth-order valence-corrected chi connectivity index (χ4v) is 3.72. The fourth-order valence-electron chi connectivity index (χ4n) is 3.61. The molecule has 1 unspecified atom stereocenters. The molecule has 22 heavy (non-hydrogen) atoms. The van der Waals surface area contributed by atoms with Crippen LogP contribution in [0.15, 0.2) is 12.1 Å². The van der Waals surface area contributed by atoms with Gasteiger partial charge in [0.1, 0.15) is 22.4 Å². The van der Waals surface area contributed by atoms with E-state index in [1.54, 1.807) is 0 Å². The Kier molecular flexibility index (Phi) is 3.50. The number of carbonyl (C=O) groups excluding carboxylic acids is 1. The molecule has 2 fully saturated rings. The second-order valence-electron chi connectivity index (χ2n) is 6.25. The van der Waals surface area contributed by atoms with Gasteiger partial charge in [0, 0.05) is 18.3 Å². The van der Waals surface area contributed by atoms with E-state index in [-0.39, 0.29) is 18.3 Å². The Morgan fingerprint density at radius 1 is 1.05 bits per heavy atom. The SMILES string of the molecule is [2H]C1([2H])C(=O)CCC(C2CCC(c3cc(F)c(Cl)c(F)c3)CC2)C1([2H])[2H]. The van der Waals surface area contributed by atoms with Crippen molar-refractivity contribution in [3.63, 3.8) is 0 Å². The zero-order valence-corrected chi connectivity index (χ0v) is 12.9. The van der Waals surface area contributed by atoms with E-state index in [2.05, 4.69) is 0 Å². The highest BCUT2D eigenvalue weighted by Gasteiger charge is 2.31. The van der Waals surface area contributed by atoms with E-state index in [0.29, 0.717) is 37.7 Å². The third-order valence-electron chi connectivity index (χ3n) is 4.90. The van der Waals surface area contributed by atoms with E-state index in [4.69, 9.17) is 17.1 Å². The smallest absolute Gasteiger partial charge is 0.145 e. The lowest BCUT2D eigenvalue weighted by Gasteiger charge is -2.35. The minimum Gasteiger partial charge on any atom is -0.300 e.